The van der Waals surface area contributed by atoms with Crippen molar-refractivity contribution in [2.75, 3.05) is 26.2 Å². The molecule has 76 valence electrons. The maximum atomic E-state index is 11.2. The Kier molecular flexibility index (Phi) is 3.31. The van der Waals surface area contributed by atoms with E-state index in [0.29, 0.717) is 6.54 Å². The number of nitrogens with zero attached hydrogens (tertiary/aromatic N) is 1. The van der Waals surface area contributed by atoms with Gasteiger partial charge in [0.2, 0.25) is 5.91 Å². The van der Waals surface area contributed by atoms with Crippen LogP contribution in [0.4, 0.5) is 0 Å². The van der Waals surface area contributed by atoms with Crippen molar-refractivity contribution in [1.82, 2.24) is 10.2 Å². The molecular formula is C10H20N2O. The van der Waals surface area contributed by atoms with Crippen LogP contribution in [0.2, 0.25) is 0 Å². The van der Waals surface area contributed by atoms with E-state index in [1.807, 2.05) is 0 Å². The smallest absolute Gasteiger partial charge is 0.234 e. The van der Waals surface area contributed by atoms with Crippen LogP contribution in [-0.2, 0) is 4.79 Å². The zero-order valence-corrected chi connectivity index (χ0v) is 8.89. The van der Waals surface area contributed by atoms with Crippen molar-refractivity contribution in [3.05, 3.63) is 0 Å². The molecule has 3 nitrogen and oxygen atoms in total. The van der Waals surface area contributed by atoms with Crippen LogP contribution in [0.1, 0.15) is 27.2 Å². The molecule has 3 heteroatoms. The van der Waals surface area contributed by atoms with Crippen LogP contribution in [0, 0.1) is 5.41 Å². The monoisotopic (exact) mass is 184 g/mol. The van der Waals surface area contributed by atoms with Crippen LogP contribution < -0.4 is 5.32 Å². The van der Waals surface area contributed by atoms with E-state index in [1.165, 1.54) is 0 Å². The molecule has 0 bridgehead atoms. The van der Waals surface area contributed by atoms with Crippen molar-refractivity contribution in [3.8, 4) is 0 Å². The summed E-state index contributed by atoms with van der Waals surface area (Å²) in [6, 6.07) is 0. The van der Waals surface area contributed by atoms with Gasteiger partial charge in [-0.15, -0.1) is 0 Å². The van der Waals surface area contributed by atoms with E-state index in [2.05, 4.69) is 31.0 Å². The second-order valence-electron chi connectivity index (χ2n) is 4.97. The van der Waals surface area contributed by atoms with Gasteiger partial charge in [0.25, 0.3) is 0 Å². The van der Waals surface area contributed by atoms with Gasteiger partial charge in [0, 0.05) is 19.6 Å². The fraction of sp³-hybridized carbons (Fsp3) is 0.900. The zero-order chi connectivity index (χ0) is 9.90. The van der Waals surface area contributed by atoms with Crippen LogP contribution in [0.5, 0.6) is 0 Å². The first-order valence-corrected chi connectivity index (χ1v) is 4.96. The highest BCUT2D eigenvalue weighted by Gasteiger charge is 2.20. The van der Waals surface area contributed by atoms with Crippen molar-refractivity contribution in [1.29, 1.82) is 0 Å². The van der Waals surface area contributed by atoms with E-state index in [4.69, 9.17) is 0 Å². The number of nitrogens with one attached hydrogen (secondary N) is 1. The average molecular weight is 184 g/mol. The van der Waals surface area contributed by atoms with Crippen LogP contribution in [-0.4, -0.2) is 37.0 Å². The summed E-state index contributed by atoms with van der Waals surface area (Å²) in [5, 5.41) is 2.88. The Hall–Kier alpha value is -0.570. The maximum Gasteiger partial charge on any atom is 0.234 e. The number of carbonyl (C=O) groups is 1. The second kappa shape index (κ2) is 4.09. The third-order valence-electron chi connectivity index (χ3n) is 2.04. The van der Waals surface area contributed by atoms with E-state index < -0.39 is 0 Å². The van der Waals surface area contributed by atoms with Gasteiger partial charge in [-0.3, -0.25) is 9.69 Å². The van der Waals surface area contributed by atoms with E-state index in [9.17, 15) is 4.79 Å². The summed E-state index contributed by atoms with van der Waals surface area (Å²) >= 11 is 0. The maximum absolute atomic E-state index is 11.2. The van der Waals surface area contributed by atoms with E-state index in [0.717, 1.165) is 26.1 Å². The SMILES string of the molecule is CC(C)(C)CN1CCCNC(=O)C1. The van der Waals surface area contributed by atoms with Gasteiger partial charge < -0.3 is 5.32 Å². The fourth-order valence-corrected chi connectivity index (χ4v) is 1.67. The van der Waals surface area contributed by atoms with Crippen LogP contribution in [0.3, 0.4) is 0 Å². The molecule has 1 amide bonds. The van der Waals surface area contributed by atoms with Crippen LogP contribution in [0.25, 0.3) is 0 Å². The molecule has 0 aromatic heterocycles. The molecule has 13 heavy (non-hydrogen) atoms. The van der Waals surface area contributed by atoms with Crippen molar-refractivity contribution in [2.45, 2.75) is 27.2 Å². The highest BCUT2D eigenvalue weighted by Crippen LogP contribution is 2.15. The third kappa shape index (κ3) is 4.27. The van der Waals surface area contributed by atoms with Gasteiger partial charge in [-0.05, 0) is 11.8 Å². The molecule has 0 unspecified atom stereocenters. The molecule has 1 N–H and O–H groups in total. The van der Waals surface area contributed by atoms with Gasteiger partial charge in [0.05, 0.1) is 6.54 Å². The Balaban J connectivity index is 2.44. The number of hydrogen-bond acceptors (Lipinski definition) is 2. The first-order chi connectivity index (χ1) is 5.97. The molecule has 1 fully saturated rings. The topological polar surface area (TPSA) is 32.3 Å². The van der Waals surface area contributed by atoms with Gasteiger partial charge in [0.1, 0.15) is 0 Å². The largest absolute Gasteiger partial charge is 0.355 e. The minimum absolute atomic E-state index is 0.168. The molecule has 0 spiro atoms. The van der Waals surface area contributed by atoms with E-state index in [-0.39, 0.29) is 11.3 Å². The molecule has 0 aliphatic carbocycles. The molecule has 0 aromatic rings. The predicted octanol–water partition coefficient (Wildman–Crippen LogP) is 0.854. The summed E-state index contributed by atoms with van der Waals surface area (Å²) in [7, 11) is 0. The predicted molar refractivity (Wildman–Crippen MR) is 53.5 cm³/mol. The summed E-state index contributed by atoms with van der Waals surface area (Å²) in [4.78, 5) is 13.5. The lowest BCUT2D eigenvalue weighted by Crippen LogP contribution is -2.37. The van der Waals surface area contributed by atoms with Crippen molar-refractivity contribution in [3.63, 3.8) is 0 Å². The highest BCUT2D eigenvalue weighted by molar-refractivity contribution is 5.78. The molecule has 1 saturated heterocycles. The minimum atomic E-state index is 0.168. The fourth-order valence-electron chi connectivity index (χ4n) is 1.67. The molecule has 1 rings (SSSR count). The van der Waals surface area contributed by atoms with E-state index in [1.54, 1.807) is 0 Å². The molecule has 1 aliphatic heterocycles. The normalized spacial score (nSPS) is 21.0. The lowest BCUT2D eigenvalue weighted by atomic mass is 9.96. The first-order valence-electron chi connectivity index (χ1n) is 4.96. The molecule has 0 radical (unpaired) electrons. The van der Waals surface area contributed by atoms with Gasteiger partial charge in [0.15, 0.2) is 0 Å². The Labute approximate surface area is 80.5 Å². The molecular weight excluding hydrogens is 164 g/mol. The molecule has 0 aromatic carbocycles. The summed E-state index contributed by atoms with van der Waals surface area (Å²) in [5.74, 6) is 0.168. The van der Waals surface area contributed by atoms with Gasteiger partial charge in [-0.1, -0.05) is 20.8 Å². The Morgan fingerprint density at radius 1 is 1.46 bits per heavy atom. The average Bonchev–Trinajstić information content (AvgIpc) is 2.10. The Morgan fingerprint density at radius 3 is 2.77 bits per heavy atom. The second-order valence-corrected chi connectivity index (χ2v) is 4.97. The Morgan fingerprint density at radius 2 is 2.15 bits per heavy atom. The third-order valence-corrected chi connectivity index (χ3v) is 2.04. The quantitative estimate of drug-likeness (QED) is 0.655. The van der Waals surface area contributed by atoms with E-state index >= 15 is 0 Å². The standard InChI is InChI=1S/C10H20N2O/c1-10(2,3)8-12-6-4-5-11-9(13)7-12/h4-8H2,1-3H3,(H,11,13). The summed E-state index contributed by atoms with van der Waals surface area (Å²) in [5.41, 5.74) is 0.282. The molecule has 1 heterocycles. The number of rotatable bonds is 1. The highest BCUT2D eigenvalue weighted by atomic mass is 16.2. The first kappa shape index (κ1) is 10.5. The van der Waals surface area contributed by atoms with Crippen molar-refractivity contribution in [2.24, 2.45) is 5.41 Å². The van der Waals surface area contributed by atoms with Gasteiger partial charge >= 0.3 is 0 Å². The van der Waals surface area contributed by atoms with Crippen molar-refractivity contribution < 1.29 is 4.79 Å². The van der Waals surface area contributed by atoms with Crippen LogP contribution in [0.15, 0.2) is 0 Å². The Bertz CT molecular complexity index is 184. The van der Waals surface area contributed by atoms with Crippen LogP contribution >= 0.6 is 0 Å². The molecule has 0 saturated carbocycles. The van der Waals surface area contributed by atoms with Gasteiger partial charge in [-0.25, -0.2) is 0 Å². The molecule has 1 aliphatic rings. The lowest BCUT2D eigenvalue weighted by Gasteiger charge is -2.27. The number of amides is 1. The summed E-state index contributed by atoms with van der Waals surface area (Å²) in [6.45, 7) is 10.1. The molecule has 0 atom stereocenters. The van der Waals surface area contributed by atoms with Gasteiger partial charge in [-0.2, -0.15) is 0 Å². The number of hydrogen-bond donors (Lipinski definition) is 1. The number of carbonyl (C=O) groups excluding carboxylic acids is 1. The zero-order valence-electron chi connectivity index (χ0n) is 8.89. The summed E-state index contributed by atoms with van der Waals surface area (Å²) < 4.78 is 0. The van der Waals surface area contributed by atoms with Crippen molar-refractivity contribution >= 4 is 5.91 Å². The minimum Gasteiger partial charge on any atom is -0.355 e. The lowest BCUT2D eigenvalue weighted by molar-refractivity contribution is -0.121. The summed E-state index contributed by atoms with van der Waals surface area (Å²) in [6.07, 6.45) is 1.07.